The van der Waals surface area contributed by atoms with Crippen LogP contribution in [0.5, 0.6) is 0 Å². The van der Waals surface area contributed by atoms with E-state index in [9.17, 15) is 13.2 Å². The van der Waals surface area contributed by atoms with Gasteiger partial charge in [0.1, 0.15) is 12.5 Å². The summed E-state index contributed by atoms with van der Waals surface area (Å²) in [6.07, 6.45) is 5.07. The summed E-state index contributed by atoms with van der Waals surface area (Å²) in [7, 11) is -9.59. The summed E-state index contributed by atoms with van der Waals surface area (Å²) >= 11 is 0. The third-order valence-electron chi connectivity index (χ3n) is 1.50. The first-order valence-corrected chi connectivity index (χ1v) is 10.4. The number of rotatable bonds is 1. The topological polar surface area (TPSA) is 114 Å². The molecule has 0 atom stereocenters. The molecule has 22 heavy (non-hydrogen) atoms. The summed E-state index contributed by atoms with van der Waals surface area (Å²) in [5.41, 5.74) is -5.65. The van der Waals surface area contributed by atoms with Crippen LogP contribution in [0.15, 0.2) is 35.2 Å². The van der Waals surface area contributed by atoms with Crippen LogP contribution in [-0.4, -0.2) is 50.2 Å². The molecule has 0 aliphatic rings. The predicted molar refractivity (Wildman–Crippen MR) is 75.3 cm³/mol. The molecule has 1 aromatic carbocycles. The zero-order chi connectivity index (χ0) is 18.2. The second-order valence-corrected chi connectivity index (χ2v) is 8.62. The van der Waals surface area contributed by atoms with Gasteiger partial charge in [0.25, 0.3) is 0 Å². The van der Waals surface area contributed by atoms with Gasteiger partial charge in [-0.25, -0.2) is 16.8 Å². The standard InChI is InChI=1S/C8H11S.CHF3O3S.CH4O3S/c1-9(2)8-6-4-3-5-7-8;2-1(3,4)8(5,6)7;1-5(2,3)4/h3-7H,1-2H3;(H,5,6,7);1H3,(H,2,3,4)/q+1;;/p-2. The lowest BCUT2D eigenvalue weighted by molar-refractivity contribution is -0.0517. The molecule has 0 aliphatic heterocycles. The molecule has 0 aromatic heterocycles. The maximum Gasteiger partial charge on any atom is 0.485 e. The lowest BCUT2D eigenvalue weighted by Crippen LogP contribution is -2.21. The first kappa shape index (κ1) is 23.4. The fraction of sp³-hybridized carbons (Fsp3) is 0.400. The molecule has 0 fully saturated rings. The quantitative estimate of drug-likeness (QED) is 0.408. The second kappa shape index (κ2) is 9.35. The molecule has 6 nitrogen and oxygen atoms in total. The Morgan fingerprint density at radius 3 is 1.36 bits per heavy atom. The van der Waals surface area contributed by atoms with E-state index in [1.165, 1.54) is 4.90 Å². The van der Waals surface area contributed by atoms with Crippen LogP contribution in [0.25, 0.3) is 0 Å². The minimum absolute atomic E-state index is 0.421. The van der Waals surface area contributed by atoms with Crippen molar-refractivity contribution in [3.05, 3.63) is 30.3 Å². The third-order valence-corrected chi connectivity index (χ3v) is 3.28. The summed E-state index contributed by atoms with van der Waals surface area (Å²) in [6, 6.07) is 10.6. The van der Waals surface area contributed by atoms with Crippen LogP contribution >= 0.6 is 0 Å². The van der Waals surface area contributed by atoms with E-state index in [4.69, 9.17) is 25.9 Å². The van der Waals surface area contributed by atoms with Crippen LogP contribution in [0.3, 0.4) is 0 Å². The van der Waals surface area contributed by atoms with E-state index in [1.54, 1.807) is 0 Å². The van der Waals surface area contributed by atoms with Crippen molar-refractivity contribution < 1.29 is 39.1 Å². The van der Waals surface area contributed by atoms with Gasteiger partial charge >= 0.3 is 5.51 Å². The third kappa shape index (κ3) is 15.6. The van der Waals surface area contributed by atoms with Crippen LogP contribution in [0.1, 0.15) is 0 Å². The van der Waals surface area contributed by atoms with Gasteiger partial charge in [-0.2, -0.15) is 13.2 Å². The van der Waals surface area contributed by atoms with Crippen LogP contribution in [0, 0.1) is 0 Å². The summed E-state index contributed by atoms with van der Waals surface area (Å²) in [4.78, 5) is 1.44. The smallest absolute Gasteiger partial charge is 0.485 e. The van der Waals surface area contributed by atoms with E-state index in [0.717, 1.165) is 0 Å². The van der Waals surface area contributed by atoms with Crippen LogP contribution in [0.4, 0.5) is 13.2 Å². The van der Waals surface area contributed by atoms with Crippen molar-refractivity contribution >= 4 is 31.1 Å². The highest BCUT2D eigenvalue weighted by molar-refractivity contribution is 7.95. The monoisotopic (exact) mass is 383 g/mol. The minimum atomic E-state index is -6.09. The molecular weight excluding hydrogens is 369 g/mol. The van der Waals surface area contributed by atoms with E-state index in [-0.39, 0.29) is 0 Å². The van der Waals surface area contributed by atoms with Crippen molar-refractivity contribution in [3.8, 4) is 0 Å². The Kier molecular flexibility index (Phi) is 9.96. The van der Waals surface area contributed by atoms with Crippen molar-refractivity contribution in [1.82, 2.24) is 0 Å². The average molecular weight is 383 g/mol. The Morgan fingerprint density at radius 1 is 0.955 bits per heavy atom. The first-order chi connectivity index (χ1) is 9.55. The Hall–Kier alpha value is -0.820. The molecule has 0 spiro atoms. The highest BCUT2D eigenvalue weighted by atomic mass is 32.2. The Labute approximate surface area is 130 Å². The minimum Gasteiger partial charge on any atom is -0.748 e. The molecule has 0 heterocycles. The molecule has 0 saturated carbocycles. The van der Waals surface area contributed by atoms with Gasteiger partial charge in [-0.3, -0.25) is 0 Å². The maximum atomic E-state index is 10.7. The van der Waals surface area contributed by atoms with Crippen LogP contribution < -0.4 is 0 Å². The van der Waals surface area contributed by atoms with Gasteiger partial charge in [-0.05, 0) is 12.1 Å². The van der Waals surface area contributed by atoms with Crippen LogP contribution in [-0.2, 0) is 31.1 Å². The molecular formula is C10H14F3O6S3-. The zero-order valence-electron chi connectivity index (χ0n) is 11.7. The van der Waals surface area contributed by atoms with Gasteiger partial charge in [0.05, 0.1) is 10.1 Å². The molecule has 0 saturated heterocycles. The molecule has 0 aliphatic carbocycles. The molecule has 0 bridgehead atoms. The predicted octanol–water partition coefficient (Wildman–Crippen LogP) is 1.14. The fourth-order valence-corrected chi connectivity index (χ4v) is 1.39. The van der Waals surface area contributed by atoms with E-state index in [1.807, 2.05) is 0 Å². The van der Waals surface area contributed by atoms with E-state index < -0.39 is 25.7 Å². The first-order valence-electron chi connectivity index (χ1n) is 5.11. The molecule has 0 amide bonds. The number of hydrogen-bond donors (Lipinski definition) is 0. The SMILES string of the molecule is CS(=O)(=O)[O-].C[S+](C)c1ccccc1.O=S(=O)([O-])C(F)(F)F. The number of hydrogen-bond acceptors (Lipinski definition) is 6. The summed E-state index contributed by atoms with van der Waals surface area (Å²) in [6.45, 7) is 0. The van der Waals surface area contributed by atoms with Gasteiger partial charge < -0.3 is 9.11 Å². The maximum absolute atomic E-state index is 10.7. The lowest BCUT2D eigenvalue weighted by atomic mass is 10.4. The molecule has 0 N–H and O–H groups in total. The van der Waals surface area contributed by atoms with Gasteiger partial charge in [-0.15, -0.1) is 0 Å². The van der Waals surface area contributed by atoms with Crippen molar-refractivity contribution in [2.45, 2.75) is 10.4 Å². The highest BCUT2D eigenvalue weighted by Gasteiger charge is 2.36. The molecule has 0 radical (unpaired) electrons. The normalized spacial score (nSPS) is 11.9. The summed E-state index contributed by atoms with van der Waals surface area (Å²) in [5, 5.41) is 0. The van der Waals surface area contributed by atoms with Gasteiger partial charge in [0, 0.05) is 17.2 Å². The molecule has 0 unspecified atom stereocenters. The van der Waals surface area contributed by atoms with Crippen molar-refractivity contribution in [1.29, 1.82) is 0 Å². The van der Waals surface area contributed by atoms with E-state index in [0.29, 0.717) is 17.2 Å². The van der Waals surface area contributed by atoms with E-state index in [2.05, 4.69) is 42.8 Å². The Morgan fingerprint density at radius 2 is 1.23 bits per heavy atom. The zero-order valence-corrected chi connectivity index (χ0v) is 14.1. The molecule has 1 rings (SSSR count). The average Bonchev–Trinajstić information content (AvgIpc) is 2.26. The fourth-order valence-electron chi connectivity index (χ4n) is 0.693. The van der Waals surface area contributed by atoms with Gasteiger partial charge in [-0.1, -0.05) is 18.2 Å². The van der Waals surface area contributed by atoms with Crippen molar-refractivity contribution in [3.63, 3.8) is 0 Å². The number of alkyl halides is 3. The van der Waals surface area contributed by atoms with Gasteiger partial charge in [0.2, 0.25) is 0 Å². The van der Waals surface area contributed by atoms with E-state index >= 15 is 0 Å². The second-order valence-electron chi connectivity index (χ2n) is 3.73. The number of halogens is 3. The largest absolute Gasteiger partial charge is 0.748 e. The Balaban J connectivity index is 0. The molecule has 1 aromatic rings. The highest BCUT2D eigenvalue weighted by Crippen LogP contribution is 2.20. The summed E-state index contributed by atoms with van der Waals surface area (Å²) in [5.74, 6) is 0. The van der Waals surface area contributed by atoms with Gasteiger partial charge in [0.15, 0.2) is 15.0 Å². The molecule has 130 valence electrons. The van der Waals surface area contributed by atoms with Crippen LogP contribution in [0.2, 0.25) is 0 Å². The van der Waals surface area contributed by atoms with Crippen molar-refractivity contribution in [2.75, 3.05) is 18.8 Å². The summed E-state index contributed by atoms with van der Waals surface area (Å²) < 4.78 is 86.1. The Bertz CT molecular complexity index is 616. The lowest BCUT2D eigenvalue weighted by Gasteiger charge is -2.08. The van der Waals surface area contributed by atoms with Crippen molar-refractivity contribution in [2.24, 2.45) is 0 Å². The molecule has 12 heteroatoms. The number of benzene rings is 1.